The lowest BCUT2D eigenvalue weighted by Gasteiger charge is -2.29. The predicted molar refractivity (Wildman–Crippen MR) is 88.3 cm³/mol. The summed E-state index contributed by atoms with van der Waals surface area (Å²) < 4.78 is 4.97. The molecule has 4 nitrogen and oxygen atoms in total. The van der Waals surface area contributed by atoms with Gasteiger partial charge in [-0.1, -0.05) is 43.2 Å². The molecule has 2 aromatic rings. The third kappa shape index (κ3) is 3.41. The largest absolute Gasteiger partial charge is 0.462 e. The average molecular weight is 310 g/mol. The Morgan fingerprint density at radius 1 is 1.13 bits per heavy atom. The molecule has 1 aliphatic rings. The van der Waals surface area contributed by atoms with Crippen molar-refractivity contribution in [3.05, 3.63) is 59.7 Å². The highest BCUT2D eigenvalue weighted by Crippen LogP contribution is 2.43. The molecule has 1 aromatic heterocycles. The Morgan fingerprint density at radius 2 is 1.78 bits per heavy atom. The van der Waals surface area contributed by atoms with Crippen LogP contribution in [0.25, 0.3) is 0 Å². The van der Waals surface area contributed by atoms with Crippen molar-refractivity contribution in [3.8, 4) is 0 Å². The smallest absolute Gasteiger partial charge is 0.341 e. The molecule has 0 atom stereocenters. The van der Waals surface area contributed by atoms with Crippen molar-refractivity contribution in [2.75, 3.05) is 6.61 Å². The molecule has 1 saturated carbocycles. The fraction of sp³-hybridized carbons (Fsp3) is 0.421. The summed E-state index contributed by atoms with van der Waals surface area (Å²) in [6.07, 6.45) is 8.80. The number of hydrogen-bond acceptors (Lipinski definition) is 4. The van der Waals surface area contributed by atoms with Gasteiger partial charge in [0.1, 0.15) is 5.82 Å². The van der Waals surface area contributed by atoms with Gasteiger partial charge in [-0.25, -0.2) is 14.8 Å². The highest BCUT2D eigenvalue weighted by Gasteiger charge is 2.36. The molecule has 0 radical (unpaired) electrons. The number of carbonyl (C=O) groups is 1. The van der Waals surface area contributed by atoms with Crippen LogP contribution < -0.4 is 0 Å². The molecule has 0 N–H and O–H groups in total. The molecule has 120 valence electrons. The monoisotopic (exact) mass is 310 g/mol. The molecular formula is C19H22N2O2. The van der Waals surface area contributed by atoms with Crippen molar-refractivity contribution >= 4 is 5.97 Å². The second-order valence-corrected chi connectivity index (χ2v) is 6.14. The molecule has 1 heterocycles. The zero-order valence-electron chi connectivity index (χ0n) is 13.5. The number of rotatable bonds is 5. The fourth-order valence-electron chi connectivity index (χ4n) is 3.48. The molecule has 0 bridgehead atoms. The molecule has 0 saturated heterocycles. The van der Waals surface area contributed by atoms with Gasteiger partial charge in [-0.3, -0.25) is 0 Å². The number of carbonyl (C=O) groups excluding carboxylic acids is 1. The first kappa shape index (κ1) is 15.7. The van der Waals surface area contributed by atoms with Crippen LogP contribution in [0.2, 0.25) is 0 Å². The summed E-state index contributed by atoms with van der Waals surface area (Å²) in [6, 6.07) is 10.7. The van der Waals surface area contributed by atoms with Crippen molar-refractivity contribution in [1.29, 1.82) is 0 Å². The molecular weight excluding hydrogens is 288 g/mol. The van der Waals surface area contributed by atoms with E-state index in [1.807, 2.05) is 0 Å². The van der Waals surface area contributed by atoms with E-state index in [4.69, 9.17) is 4.74 Å². The van der Waals surface area contributed by atoms with E-state index in [2.05, 4.69) is 40.3 Å². The van der Waals surface area contributed by atoms with Crippen molar-refractivity contribution in [2.45, 2.75) is 44.4 Å². The minimum absolute atomic E-state index is 0.132. The first-order valence-electron chi connectivity index (χ1n) is 8.27. The molecule has 4 heteroatoms. The maximum atomic E-state index is 11.7. The zero-order chi connectivity index (χ0) is 16.1. The Hall–Kier alpha value is -2.23. The van der Waals surface area contributed by atoms with Gasteiger partial charge in [0.15, 0.2) is 0 Å². The SMILES string of the molecule is CCOC(=O)c1cnc(CC2(c3ccccc3)CCCC2)nc1. The molecule has 1 aromatic carbocycles. The van der Waals surface area contributed by atoms with Crippen molar-refractivity contribution in [1.82, 2.24) is 9.97 Å². The molecule has 0 amide bonds. The third-order valence-corrected chi connectivity index (χ3v) is 4.66. The standard InChI is InChI=1S/C19H22N2O2/c1-2-23-18(22)15-13-20-17(21-14-15)12-19(10-6-7-11-19)16-8-4-3-5-9-16/h3-5,8-9,13-14H,2,6-7,10-12H2,1H3. The highest BCUT2D eigenvalue weighted by atomic mass is 16.5. The van der Waals surface area contributed by atoms with Gasteiger partial charge in [-0.15, -0.1) is 0 Å². The van der Waals surface area contributed by atoms with E-state index in [1.54, 1.807) is 19.3 Å². The maximum absolute atomic E-state index is 11.7. The number of benzene rings is 1. The maximum Gasteiger partial charge on any atom is 0.341 e. The van der Waals surface area contributed by atoms with Gasteiger partial charge in [-0.05, 0) is 25.3 Å². The first-order chi connectivity index (χ1) is 11.2. The third-order valence-electron chi connectivity index (χ3n) is 4.66. The van der Waals surface area contributed by atoms with Crippen LogP contribution in [0.3, 0.4) is 0 Å². The molecule has 1 aliphatic carbocycles. The van der Waals surface area contributed by atoms with Crippen LogP contribution in [0.5, 0.6) is 0 Å². The zero-order valence-corrected chi connectivity index (χ0v) is 13.5. The number of ether oxygens (including phenoxy) is 1. The Bertz CT molecular complexity index is 647. The summed E-state index contributed by atoms with van der Waals surface area (Å²) in [6.45, 7) is 2.15. The van der Waals surface area contributed by atoms with E-state index in [0.717, 1.165) is 12.2 Å². The van der Waals surface area contributed by atoms with Crippen LogP contribution in [0, 0.1) is 0 Å². The van der Waals surface area contributed by atoms with Crippen LogP contribution in [-0.4, -0.2) is 22.5 Å². The Labute approximate surface area is 136 Å². The van der Waals surface area contributed by atoms with E-state index < -0.39 is 0 Å². The summed E-state index contributed by atoms with van der Waals surface area (Å²) in [7, 11) is 0. The molecule has 23 heavy (non-hydrogen) atoms. The van der Waals surface area contributed by atoms with Crippen molar-refractivity contribution in [2.24, 2.45) is 0 Å². The minimum Gasteiger partial charge on any atom is -0.462 e. The number of aromatic nitrogens is 2. The van der Waals surface area contributed by atoms with Gasteiger partial charge in [0.05, 0.1) is 12.2 Å². The lowest BCUT2D eigenvalue weighted by atomic mass is 9.76. The van der Waals surface area contributed by atoms with Gasteiger partial charge in [0.2, 0.25) is 0 Å². The quantitative estimate of drug-likeness (QED) is 0.790. The van der Waals surface area contributed by atoms with Gasteiger partial charge in [-0.2, -0.15) is 0 Å². The predicted octanol–water partition coefficient (Wildman–Crippen LogP) is 3.71. The van der Waals surface area contributed by atoms with Crippen molar-refractivity contribution < 1.29 is 9.53 Å². The van der Waals surface area contributed by atoms with E-state index in [1.165, 1.54) is 31.2 Å². The molecule has 0 aliphatic heterocycles. The summed E-state index contributed by atoms with van der Waals surface area (Å²) in [4.78, 5) is 20.5. The second kappa shape index (κ2) is 6.90. The van der Waals surface area contributed by atoms with Crippen LogP contribution in [0.4, 0.5) is 0 Å². The lowest BCUT2D eigenvalue weighted by molar-refractivity contribution is 0.0525. The highest BCUT2D eigenvalue weighted by molar-refractivity contribution is 5.88. The molecule has 1 fully saturated rings. The van der Waals surface area contributed by atoms with Crippen LogP contribution in [0.15, 0.2) is 42.7 Å². The Morgan fingerprint density at radius 3 is 2.39 bits per heavy atom. The van der Waals surface area contributed by atoms with Crippen LogP contribution >= 0.6 is 0 Å². The van der Waals surface area contributed by atoms with Gasteiger partial charge in [0.25, 0.3) is 0 Å². The minimum atomic E-state index is -0.363. The number of nitrogens with zero attached hydrogens (tertiary/aromatic N) is 2. The normalized spacial score (nSPS) is 16.2. The van der Waals surface area contributed by atoms with E-state index >= 15 is 0 Å². The first-order valence-corrected chi connectivity index (χ1v) is 8.27. The Balaban J connectivity index is 1.80. The molecule has 0 unspecified atom stereocenters. The van der Waals surface area contributed by atoms with Crippen LogP contribution in [-0.2, 0) is 16.6 Å². The Kier molecular flexibility index (Phi) is 4.70. The lowest BCUT2D eigenvalue weighted by Crippen LogP contribution is -2.26. The van der Waals surface area contributed by atoms with E-state index in [-0.39, 0.29) is 11.4 Å². The second-order valence-electron chi connectivity index (χ2n) is 6.14. The number of esters is 1. The fourth-order valence-corrected chi connectivity index (χ4v) is 3.48. The topological polar surface area (TPSA) is 52.1 Å². The summed E-state index contributed by atoms with van der Waals surface area (Å²) in [5.74, 6) is 0.432. The van der Waals surface area contributed by atoms with Crippen LogP contribution in [0.1, 0.15) is 54.4 Å². The van der Waals surface area contributed by atoms with Crippen molar-refractivity contribution in [3.63, 3.8) is 0 Å². The van der Waals surface area contributed by atoms with Gasteiger partial charge < -0.3 is 4.74 Å². The molecule has 0 spiro atoms. The summed E-state index contributed by atoms with van der Waals surface area (Å²) in [5.41, 5.74) is 1.92. The summed E-state index contributed by atoms with van der Waals surface area (Å²) in [5, 5.41) is 0. The average Bonchev–Trinajstić information content (AvgIpc) is 3.06. The van der Waals surface area contributed by atoms with E-state index in [9.17, 15) is 4.79 Å². The van der Waals surface area contributed by atoms with Gasteiger partial charge in [0, 0.05) is 24.2 Å². The molecule has 3 rings (SSSR count). The number of hydrogen-bond donors (Lipinski definition) is 0. The van der Waals surface area contributed by atoms with E-state index in [0.29, 0.717) is 12.2 Å². The van der Waals surface area contributed by atoms with Gasteiger partial charge >= 0.3 is 5.97 Å². The summed E-state index contributed by atoms with van der Waals surface area (Å²) >= 11 is 0.